The van der Waals surface area contributed by atoms with Gasteiger partial charge in [0, 0.05) is 52.9 Å². The summed E-state index contributed by atoms with van der Waals surface area (Å²) in [6, 6.07) is 0. The van der Waals surface area contributed by atoms with Crippen LogP contribution in [0.2, 0.25) is 0 Å². The van der Waals surface area contributed by atoms with Gasteiger partial charge in [-0.25, -0.2) is 0 Å². The zero-order valence-corrected chi connectivity index (χ0v) is 45.9. The van der Waals surface area contributed by atoms with E-state index in [1.165, 1.54) is 212 Å². The minimum absolute atomic E-state index is 0.222. The van der Waals surface area contributed by atoms with E-state index in [9.17, 15) is 14.4 Å². The van der Waals surface area contributed by atoms with Crippen LogP contribution in [0.5, 0.6) is 0 Å². The van der Waals surface area contributed by atoms with E-state index < -0.39 is 0 Å². The summed E-state index contributed by atoms with van der Waals surface area (Å²) in [6.45, 7) is 24.4. The van der Waals surface area contributed by atoms with Crippen molar-refractivity contribution in [1.29, 1.82) is 0 Å². The second-order valence-electron chi connectivity index (χ2n) is 19.2. The molecule has 0 aliphatic heterocycles. The van der Waals surface area contributed by atoms with Crippen LogP contribution in [-0.2, 0) is 19.1 Å². The van der Waals surface area contributed by atoms with Gasteiger partial charge in [0.05, 0.1) is 6.54 Å². The third-order valence-electron chi connectivity index (χ3n) is 12.7. The highest BCUT2D eigenvalue weighted by Crippen LogP contribution is 2.13. The predicted octanol–water partition coefficient (Wildman–Crippen LogP) is 14.3. The molecule has 0 saturated carbocycles. The van der Waals surface area contributed by atoms with Crippen molar-refractivity contribution < 1.29 is 19.1 Å². The third-order valence-corrected chi connectivity index (χ3v) is 12.7. The van der Waals surface area contributed by atoms with Gasteiger partial charge in [-0.1, -0.05) is 215 Å². The van der Waals surface area contributed by atoms with Gasteiger partial charge in [0.25, 0.3) is 0 Å². The Morgan fingerprint density at radius 3 is 1.24 bits per heavy atom. The lowest BCUT2D eigenvalue weighted by Gasteiger charge is -2.30. The van der Waals surface area contributed by atoms with Crippen LogP contribution in [0.4, 0.5) is 0 Å². The predicted molar refractivity (Wildman–Crippen MR) is 290 cm³/mol. The Bertz CT molecular complexity index is 890. The third kappa shape index (κ3) is 58.6. The van der Waals surface area contributed by atoms with E-state index in [1.807, 2.05) is 4.90 Å². The van der Waals surface area contributed by atoms with Gasteiger partial charge < -0.3 is 30.0 Å². The Morgan fingerprint density at radius 1 is 0.409 bits per heavy atom. The number of aldehydes is 1. The molecule has 0 aliphatic rings. The van der Waals surface area contributed by atoms with E-state index in [-0.39, 0.29) is 5.91 Å². The second-order valence-corrected chi connectivity index (χ2v) is 19.2. The van der Waals surface area contributed by atoms with Gasteiger partial charge >= 0.3 is 0 Å². The molecule has 0 unspecified atom stereocenters. The number of nitrogens with one attached hydrogen (secondary N) is 2. The topological polar surface area (TPSA) is 94.2 Å². The number of hydrogen-bond acceptors (Lipinski definition) is 7. The normalized spacial score (nSPS) is 11.0. The Morgan fingerprint density at radius 2 is 0.803 bits per heavy atom. The summed E-state index contributed by atoms with van der Waals surface area (Å²) in [6.07, 6.45) is 46.9. The summed E-state index contributed by atoms with van der Waals surface area (Å²) in [5.41, 5.74) is 0. The first-order chi connectivity index (χ1) is 32.4. The molecule has 0 aliphatic carbocycles. The first-order valence-corrected chi connectivity index (χ1v) is 29.0. The van der Waals surface area contributed by atoms with Crippen molar-refractivity contribution in [2.45, 2.75) is 266 Å². The van der Waals surface area contributed by atoms with Gasteiger partial charge in [0.15, 0.2) is 0 Å². The number of carbonyl (C=O) groups excluding carboxylic acids is 3. The molecule has 0 rings (SSSR count). The molecular weight excluding hydrogens is 819 g/mol. The average molecular weight is 939 g/mol. The van der Waals surface area contributed by atoms with E-state index in [2.05, 4.69) is 62.0 Å². The summed E-state index contributed by atoms with van der Waals surface area (Å²) in [5, 5.41) is 6.11. The molecule has 0 heterocycles. The molecule has 0 fully saturated rings. The van der Waals surface area contributed by atoms with Gasteiger partial charge in [-0.2, -0.15) is 0 Å². The minimum Gasteiger partial charge on any atom is -0.385 e. The molecule has 0 spiro atoms. The molecule has 9 heteroatoms. The fourth-order valence-corrected chi connectivity index (χ4v) is 8.16. The summed E-state index contributed by atoms with van der Waals surface area (Å²) >= 11 is 0. The number of unbranched alkanes of at least 4 members (excludes halogenated alkanes) is 28. The summed E-state index contributed by atoms with van der Waals surface area (Å²) < 4.78 is 4.84. The largest absolute Gasteiger partial charge is 0.385 e. The van der Waals surface area contributed by atoms with Crippen molar-refractivity contribution in [3.8, 4) is 0 Å². The summed E-state index contributed by atoms with van der Waals surface area (Å²) in [5.74, 6) is 0.222. The van der Waals surface area contributed by atoms with Crippen LogP contribution in [-0.4, -0.2) is 119 Å². The first kappa shape index (κ1) is 68.7. The van der Waals surface area contributed by atoms with Crippen LogP contribution >= 0.6 is 0 Å². The zero-order chi connectivity index (χ0) is 49.1. The number of rotatable bonds is 52. The van der Waals surface area contributed by atoms with Gasteiger partial charge in [0.2, 0.25) is 12.3 Å². The maximum absolute atomic E-state index is 13.5. The van der Waals surface area contributed by atoms with Crippen LogP contribution < -0.4 is 10.6 Å². The molecular formula is C57H119N5O4. The lowest BCUT2D eigenvalue weighted by Crippen LogP contribution is -2.45. The highest BCUT2D eigenvalue weighted by Gasteiger charge is 2.18. The Labute approximate surface area is 413 Å². The molecule has 0 radical (unpaired) electrons. The SMILES string of the molecule is CCCCCCCCCN(CCCCCCCCC)CCN(CCCCCCCCC)CC(=O)N(CCCC)CCNC=O.CCCCCCCCCNCCCC=O.CCCCCOC. The maximum atomic E-state index is 13.5. The highest BCUT2D eigenvalue weighted by molar-refractivity contribution is 5.78. The van der Waals surface area contributed by atoms with E-state index in [0.29, 0.717) is 26.1 Å². The Balaban J connectivity index is -0.00000147. The zero-order valence-electron chi connectivity index (χ0n) is 45.9. The number of hydrogen-bond donors (Lipinski definition) is 2. The quantitative estimate of drug-likeness (QED) is 0.0463. The second kappa shape index (κ2) is 63.5. The van der Waals surface area contributed by atoms with Gasteiger partial charge in [0.1, 0.15) is 6.29 Å². The van der Waals surface area contributed by atoms with E-state index in [4.69, 9.17) is 4.74 Å². The molecule has 0 saturated heterocycles. The number of ether oxygens (including phenoxy) is 1. The molecule has 0 aromatic rings. The molecule has 0 aromatic heterocycles. The lowest BCUT2D eigenvalue weighted by atomic mass is 10.1. The molecule has 0 aromatic carbocycles. The minimum atomic E-state index is 0.222. The maximum Gasteiger partial charge on any atom is 0.236 e. The van der Waals surface area contributed by atoms with Crippen molar-refractivity contribution >= 4 is 18.6 Å². The van der Waals surface area contributed by atoms with Crippen molar-refractivity contribution in [3.05, 3.63) is 0 Å². The van der Waals surface area contributed by atoms with Gasteiger partial charge in [-0.15, -0.1) is 0 Å². The van der Waals surface area contributed by atoms with Crippen molar-refractivity contribution in [2.75, 3.05) is 85.7 Å². The Hall–Kier alpha value is -1.55. The Kier molecular flexibility index (Phi) is 66.1. The van der Waals surface area contributed by atoms with Crippen LogP contribution in [0, 0.1) is 0 Å². The first-order valence-electron chi connectivity index (χ1n) is 29.0. The van der Waals surface area contributed by atoms with Crippen LogP contribution in [0.3, 0.4) is 0 Å². The monoisotopic (exact) mass is 938 g/mol. The van der Waals surface area contributed by atoms with Crippen molar-refractivity contribution in [1.82, 2.24) is 25.3 Å². The fourth-order valence-electron chi connectivity index (χ4n) is 8.16. The number of carbonyl (C=O) groups is 3. The smallest absolute Gasteiger partial charge is 0.236 e. The average Bonchev–Trinajstić information content (AvgIpc) is 3.32. The van der Waals surface area contributed by atoms with E-state index >= 15 is 0 Å². The summed E-state index contributed by atoms with van der Waals surface area (Å²) in [4.78, 5) is 41.5. The fraction of sp³-hybridized carbons (Fsp3) is 0.947. The molecule has 0 atom stereocenters. The molecule has 9 nitrogen and oxygen atoms in total. The molecule has 2 amide bonds. The van der Waals surface area contributed by atoms with Gasteiger partial charge in [-0.05, 0) is 77.7 Å². The molecule has 2 N–H and O–H groups in total. The highest BCUT2D eigenvalue weighted by atomic mass is 16.5. The number of methoxy groups -OCH3 is 1. The van der Waals surface area contributed by atoms with E-state index in [1.54, 1.807) is 7.11 Å². The van der Waals surface area contributed by atoms with Crippen LogP contribution in [0.1, 0.15) is 266 Å². The van der Waals surface area contributed by atoms with Gasteiger partial charge in [-0.3, -0.25) is 14.5 Å². The summed E-state index contributed by atoms with van der Waals surface area (Å²) in [7, 11) is 1.75. The lowest BCUT2D eigenvalue weighted by molar-refractivity contribution is -0.132. The van der Waals surface area contributed by atoms with Crippen LogP contribution in [0.25, 0.3) is 0 Å². The number of nitrogens with zero attached hydrogens (tertiary/aromatic N) is 3. The molecule has 0 bridgehead atoms. The van der Waals surface area contributed by atoms with E-state index in [0.717, 1.165) is 77.8 Å². The van der Waals surface area contributed by atoms with Crippen molar-refractivity contribution in [3.63, 3.8) is 0 Å². The van der Waals surface area contributed by atoms with Crippen LogP contribution in [0.15, 0.2) is 0 Å². The molecule has 66 heavy (non-hydrogen) atoms. The number of amides is 2. The standard InChI is InChI=1S/C38H78N4O2.C13H27NO.C6H14O/c1-5-9-13-16-19-22-25-29-40(30-26-23-20-17-14-10-6-2)34-35-41(31-27-24-21-18-15-11-7-3)36-38(44)42(32-12-8-4)33-28-39-37-43;1-2-3-4-5-6-7-8-11-14-12-9-10-13-15;1-3-4-5-6-7-2/h37H,5-36H2,1-4H3,(H,39,43);13-14H,2-12H2,1H3;3-6H2,1-2H3. The van der Waals surface area contributed by atoms with Crippen molar-refractivity contribution in [2.24, 2.45) is 0 Å². The molecule has 396 valence electrons.